The molecular formula is C15H21NO2. The van der Waals surface area contributed by atoms with Gasteiger partial charge in [0, 0.05) is 13.1 Å². The van der Waals surface area contributed by atoms with E-state index in [0.717, 1.165) is 32.4 Å². The van der Waals surface area contributed by atoms with Crippen molar-refractivity contribution in [1.29, 1.82) is 0 Å². The van der Waals surface area contributed by atoms with Crippen LogP contribution in [0, 0.1) is 5.92 Å². The predicted molar refractivity (Wildman–Crippen MR) is 71.1 cm³/mol. The van der Waals surface area contributed by atoms with E-state index in [1.807, 2.05) is 6.07 Å². The lowest BCUT2D eigenvalue weighted by molar-refractivity contribution is -0.140. The van der Waals surface area contributed by atoms with Crippen LogP contribution in [0.3, 0.4) is 0 Å². The number of aliphatic hydroxyl groups is 1. The summed E-state index contributed by atoms with van der Waals surface area (Å²) in [5.74, 6) is 0.526. The van der Waals surface area contributed by atoms with Crippen molar-refractivity contribution in [3.63, 3.8) is 0 Å². The van der Waals surface area contributed by atoms with Crippen LogP contribution in [0.5, 0.6) is 0 Å². The van der Waals surface area contributed by atoms with Crippen LogP contribution in [0.15, 0.2) is 30.3 Å². The maximum absolute atomic E-state index is 11.6. The second-order valence-electron chi connectivity index (χ2n) is 5.13. The zero-order chi connectivity index (χ0) is 13.0. The van der Waals surface area contributed by atoms with Gasteiger partial charge in [0.15, 0.2) is 0 Å². The summed E-state index contributed by atoms with van der Waals surface area (Å²) >= 11 is 0. The number of piperidine rings is 1. The summed E-state index contributed by atoms with van der Waals surface area (Å²) in [6.45, 7) is 3.10. The quantitative estimate of drug-likeness (QED) is 0.885. The van der Waals surface area contributed by atoms with Gasteiger partial charge in [-0.1, -0.05) is 30.3 Å². The summed E-state index contributed by atoms with van der Waals surface area (Å²) in [7, 11) is 0. The van der Waals surface area contributed by atoms with Crippen LogP contribution in [0.25, 0.3) is 0 Å². The van der Waals surface area contributed by atoms with E-state index in [1.165, 1.54) is 5.56 Å². The fourth-order valence-electron chi connectivity index (χ4n) is 2.57. The maximum atomic E-state index is 11.6. The molecule has 1 heterocycles. The SMILES string of the molecule is CC(O)C(=O)N1CCC(Cc2ccccc2)CC1. The van der Waals surface area contributed by atoms with Crippen molar-refractivity contribution in [2.45, 2.75) is 32.3 Å². The number of rotatable bonds is 3. The second kappa shape index (κ2) is 6.01. The Hall–Kier alpha value is -1.35. The van der Waals surface area contributed by atoms with Crippen molar-refractivity contribution in [2.24, 2.45) is 5.92 Å². The summed E-state index contributed by atoms with van der Waals surface area (Å²) in [6, 6.07) is 10.5. The van der Waals surface area contributed by atoms with Crippen LogP contribution in [0.2, 0.25) is 0 Å². The Morgan fingerprint density at radius 1 is 1.33 bits per heavy atom. The Bertz CT molecular complexity index is 381. The third-order valence-electron chi connectivity index (χ3n) is 3.65. The van der Waals surface area contributed by atoms with Gasteiger partial charge in [-0.25, -0.2) is 0 Å². The summed E-state index contributed by atoms with van der Waals surface area (Å²) < 4.78 is 0. The smallest absolute Gasteiger partial charge is 0.251 e. The molecule has 1 saturated heterocycles. The average molecular weight is 247 g/mol. The molecular weight excluding hydrogens is 226 g/mol. The minimum atomic E-state index is -0.865. The van der Waals surface area contributed by atoms with Crippen LogP contribution in [-0.2, 0) is 11.2 Å². The number of benzene rings is 1. The highest BCUT2D eigenvalue weighted by Crippen LogP contribution is 2.21. The Morgan fingerprint density at radius 2 is 1.94 bits per heavy atom. The van der Waals surface area contributed by atoms with Gasteiger partial charge in [0.2, 0.25) is 0 Å². The lowest BCUT2D eigenvalue weighted by Crippen LogP contribution is -2.43. The molecule has 0 aromatic heterocycles. The molecule has 0 saturated carbocycles. The Balaban J connectivity index is 1.82. The Labute approximate surface area is 108 Å². The fraction of sp³-hybridized carbons (Fsp3) is 0.533. The van der Waals surface area contributed by atoms with Gasteiger partial charge in [0.05, 0.1) is 0 Å². The second-order valence-corrected chi connectivity index (χ2v) is 5.13. The van der Waals surface area contributed by atoms with Crippen LogP contribution in [-0.4, -0.2) is 35.1 Å². The number of nitrogens with zero attached hydrogens (tertiary/aromatic N) is 1. The molecule has 1 aliphatic heterocycles. The van der Waals surface area contributed by atoms with Crippen LogP contribution in [0.4, 0.5) is 0 Å². The molecule has 1 unspecified atom stereocenters. The molecule has 3 heteroatoms. The van der Waals surface area contributed by atoms with Crippen molar-refractivity contribution in [3.05, 3.63) is 35.9 Å². The topological polar surface area (TPSA) is 40.5 Å². The standard InChI is InChI=1S/C15H21NO2/c1-12(17)15(18)16-9-7-14(8-10-16)11-13-5-3-2-4-6-13/h2-6,12,14,17H,7-11H2,1H3. The van der Waals surface area contributed by atoms with Crippen LogP contribution >= 0.6 is 0 Å². The van der Waals surface area contributed by atoms with E-state index in [4.69, 9.17) is 0 Å². The predicted octanol–water partition coefficient (Wildman–Crippen LogP) is 1.85. The number of aliphatic hydroxyl groups excluding tert-OH is 1. The molecule has 1 N–H and O–H groups in total. The molecule has 2 rings (SSSR count). The van der Waals surface area contributed by atoms with Gasteiger partial charge in [0.1, 0.15) is 6.10 Å². The molecule has 1 aromatic carbocycles. The van der Waals surface area contributed by atoms with Gasteiger partial charge >= 0.3 is 0 Å². The molecule has 1 aliphatic rings. The first-order valence-corrected chi connectivity index (χ1v) is 6.67. The molecule has 0 spiro atoms. The first-order chi connectivity index (χ1) is 8.66. The van der Waals surface area contributed by atoms with Gasteiger partial charge in [-0.05, 0) is 37.7 Å². The molecule has 0 aliphatic carbocycles. The highest BCUT2D eigenvalue weighted by atomic mass is 16.3. The van der Waals surface area contributed by atoms with Crippen molar-refractivity contribution in [1.82, 2.24) is 4.90 Å². The van der Waals surface area contributed by atoms with E-state index in [9.17, 15) is 9.90 Å². The molecule has 0 radical (unpaired) electrons. The highest BCUT2D eigenvalue weighted by molar-refractivity contribution is 5.80. The normalized spacial score (nSPS) is 18.7. The number of hydrogen-bond acceptors (Lipinski definition) is 2. The summed E-state index contributed by atoms with van der Waals surface area (Å²) in [5.41, 5.74) is 1.37. The van der Waals surface area contributed by atoms with E-state index in [2.05, 4.69) is 24.3 Å². The van der Waals surface area contributed by atoms with E-state index >= 15 is 0 Å². The van der Waals surface area contributed by atoms with Crippen LogP contribution in [0.1, 0.15) is 25.3 Å². The Kier molecular flexibility index (Phi) is 4.37. The average Bonchev–Trinajstić information content (AvgIpc) is 2.40. The van der Waals surface area contributed by atoms with E-state index in [0.29, 0.717) is 5.92 Å². The molecule has 3 nitrogen and oxygen atoms in total. The van der Waals surface area contributed by atoms with Crippen molar-refractivity contribution in [3.8, 4) is 0 Å². The maximum Gasteiger partial charge on any atom is 0.251 e. The third-order valence-corrected chi connectivity index (χ3v) is 3.65. The first kappa shape index (κ1) is 13.1. The summed E-state index contributed by atoms with van der Waals surface area (Å²) in [6.07, 6.45) is 2.30. The van der Waals surface area contributed by atoms with Gasteiger partial charge in [0.25, 0.3) is 5.91 Å². The number of likely N-dealkylation sites (tertiary alicyclic amines) is 1. The number of carbonyl (C=O) groups excluding carboxylic acids is 1. The van der Waals surface area contributed by atoms with E-state index < -0.39 is 6.10 Å². The number of hydrogen-bond donors (Lipinski definition) is 1. The number of amides is 1. The molecule has 1 aromatic rings. The molecule has 1 amide bonds. The fourth-order valence-corrected chi connectivity index (χ4v) is 2.57. The van der Waals surface area contributed by atoms with Crippen molar-refractivity contribution < 1.29 is 9.90 Å². The van der Waals surface area contributed by atoms with Gasteiger partial charge < -0.3 is 10.0 Å². The summed E-state index contributed by atoms with van der Waals surface area (Å²) in [4.78, 5) is 13.4. The van der Waals surface area contributed by atoms with Gasteiger partial charge in [-0.2, -0.15) is 0 Å². The van der Waals surface area contributed by atoms with E-state index in [1.54, 1.807) is 11.8 Å². The molecule has 1 fully saturated rings. The zero-order valence-electron chi connectivity index (χ0n) is 10.9. The molecule has 18 heavy (non-hydrogen) atoms. The lowest BCUT2D eigenvalue weighted by Gasteiger charge is -2.32. The molecule has 0 bridgehead atoms. The molecule has 98 valence electrons. The zero-order valence-corrected chi connectivity index (χ0v) is 10.9. The lowest BCUT2D eigenvalue weighted by atomic mass is 9.90. The monoisotopic (exact) mass is 247 g/mol. The molecule has 1 atom stereocenters. The van der Waals surface area contributed by atoms with E-state index in [-0.39, 0.29) is 5.91 Å². The van der Waals surface area contributed by atoms with Crippen molar-refractivity contribution >= 4 is 5.91 Å². The first-order valence-electron chi connectivity index (χ1n) is 6.67. The minimum Gasteiger partial charge on any atom is -0.384 e. The van der Waals surface area contributed by atoms with Gasteiger partial charge in [-0.3, -0.25) is 4.79 Å². The Morgan fingerprint density at radius 3 is 2.50 bits per heavy atom. The summed E-state index contributed by atoms with van der Waals surface area (Å²) in [5, 5.41) is 9.28. The number of carbonyl (C=O) groups is 1. The van der Waals surface area contributed by atoms with Crippen molar-refractivity contribution in [2.75, 3.05) is 13.1 Å². The van der Waals surface area contributed by atoms with Crippen LogP contribution < -0.4 is 0 Å². The highest BCUT2D eigenvalue weighted by Gasteiger charge is 2.24. The largest absolute Gasteiger partial charge is 0.384 e. The minimum absolute atomic E-state index is 0.131. The van der Waals surface area contributed by atoms with Gasteiger partial charge in [-0.15, -0.1) is 0 Å². The third kappa shape index (κ3) is 3.33.